The summed E-state index contributed by atoms with van der Waals surface area (Å²) in [5, 5.41) is 8.73. The van der Waals surface area contributed by atoms with Crippen molar-refractivity contribution in [2.45, 2.75) is 39.0 Å². The van der Waals surface area contributed by atoms with E-state index in [0.717, 1.165) is 18.9 Å². The maximum absolute atomic E-state index is 10.6. The first-order valence-electron chi connectivity index (χ1n) is 7.39. The molecule has 0 fully saturated rings. The second-order valence-corrected chi connectivity index (χ2v) is 4.84. The van der Waals surface area contributed by atoms with Crippen LogP contribution in [0.15, 0.2) is 24.3 Å². The van der Waals surface area contributed by atoms with E-state index < -0.39 is 5.97 Å². The molecule has 0 bridgehead atoms. The summed E-state index contributed by atoms with van der Waals surface area (Å²) in [7, 11) is 1.58. The summed E-state index contributed by atoms with van der Waals surface area (Å²) in [5.74, 6) is 0.377. The molecule has 116 valence electrons. The van der Waals surface area contributed by atoms with Crippen LogP contribution in [0.1, 0.15) is 44.6 Å². The van der Waals surface area contributed by atoms with Gasteiger partial charge in [-0.2, -0.15) is 0 Å². The van der Waals surface area contributed by atoms with Crippen LogP contribution in [-0.4, -0.2) is 24.8 Å². The predicted octanol–water partition coefficient (Wildman–Crippen LogP) is 4.14. The fourth-order valence-corrected chi connectivity index (χ4v) is 1.96. The highest BCUT2D eigenvalue weighted by Crippen LogP contribution is 2.25. The zero-order valence-corrected chi connectivity index (χ0v) is 12.8. The number of carboxylic acid groups (broad SMARTS) is 1. The third-order valence-electron chi connectivity index (χ3n) is 3.13. The summed E-state index contributed by atoms with van der Waals surface area (Å²) in [6.45, 7) is 2.83. The van der Waals surface area contributed by atoms with Gasteiger partial charge in [0.05, 0.1) is 13.7 Å². The van der Waals surface area contributed by atoms with Crippen molar-refractivity contribution < 1.29 is 19.4 Å². The molecule has 0 heterocycles. The molecular formula is C17H24O4. The van der Waals surface area contributed by atoms with Gasteiger partial charge in [0.2, 0.25) is 0 Å². The average Bonchev–Trinajstić information content (AvgIpc) is 2.49. The molecule has 1 N–H and O–H groups in total. The van der Waals surface area contributed by atoms with Crippen molar-refractivity contribution in [1.82, 2.24) is 0 Å². The Morgan fingerprint density at radius 3 is 2.67 bits per heavy atom. The Morgan fingerprint density at radius 2 is 2.00 bits per heavy atom. The molecule has 0 atom stereocenters. The van der Waals surface area contributed by atoms with E-state index in [1.165, 1.54) is 25.3 Å². The third-order valence-corrected chi connectivity index (χ3v) is 3.13. The SMILES string of the molecule is CCCCCCCOc1ccc(OC)cc1/C=C/C(=O)O. The standard InChI is InChI=1S/C17H24O4/c1-3-4-5-6-7-12-21-16-10-9-15(20-2)13-14(16)8-11-17(18)19/h8-11,13H,3-7,12H2,1-2H3,(H,18,19)/b11-8+. The highest BCUT2D eigenvalue weighted by molar-refractivity contribution is 5.86. The van der Waals surface area contributed by atoms with Gasteiger partial charge in [-0.15, -0.1) is 0 Å². The monoisotopic (exact) mass is 292 g/mol. The molecule has 0 radical (unpaired) electrons. The van der Waals surface area contributed by atoms with E-state index in [9.17, 15) is 4.79 Å². The molecule has 0 aliphatic heterocycles. The molecule has 0 saturated heterocycles. The van der Waals surface area contributed by atoms with Gasteiger partial charge in [-0.25, -0.2) is 4.79 Å². The summed E-state index contributed by atoms with van der Waals surface area (Å²) in [6.07, 6.45) is 8.51. The van der Waals surface area contributed by atoms with Gasteiger partial charge in [0.1, 0.15) is 11.5 Å². The van der Waals surface area contributed by atoms with Crippen LogP contribution in [0, 0.1) is 0 Å². The number of benzene rings is 1. The summed E-state index contributed by atoms with van der Waals surface area (Å²) in [6, 6.07) is 5.39. The number of hydrogen-bond acceptors (Lipinski definition) is 3. The number of hydrogen-bond donors (Lipinski definition) is 1. The fraction of sp³-hybridized carbons (Fsp3) is 0.471. The summed E-state index contributed by atoms with van der Waals surface area (Å²) >= 11 is 0. The van der Waals surface area contributed by atoms with Gasteiger partial charge in [-0.1, -0.05) is 32.6 Å². The average molecular weight is 292 g/mol. The number of methoxy groups -OCH3 is 1. The molecule has 0 aromatic heterocycles. The maximum atomic E-state index is 10.6. The van der Waals surface area contributed by atoms with Gasteiger partial charge >= 0.3 is 5.97 Å². The molecule has 21 heavy (non-hydrogen) atoms. The van der Waals surface area contributed by atoms with Crippen LogP contribution < -0.4 is 9.47 Å². The molecule has 1 aromatic rings. The Kier molecular flexibility index (Phi) is 8.02. The second kappa shape index (κ2) is 9.86. The second-order valence-electron chi connectivity index (χ2n) is 4.84. The van der Waals surface area contributed by atoms with E-state index in [0.29, 0.717) is 23.7 Å². The lowest BCUT2D eigenvalue weighted by molar-refractivity contribution is -0.131. The zero-order chi connectivity index (χ0) is 15.5. The van der Waals surface area contributed by atoms with E-state index >= 15 is 0 Å². The molecule has 4 nitrogen and oxygen atoms in total. The zero-order valence-electron chi connectivity index (χ0n) is 12.8. The number of unbranched alkanes of at least 4 members (excludes halogenated alkanes) is 4. The minimum atomic E-state index is -0.983. The molecule has 4 heteroatoms. The van der Waals surface area contributed by atoms with Gasteiger partial charge in [-0.05, 0) is 30.7 Å². The Morgan fingerprint density at radius 1 is 1.24 bits per heavy atom. The topological polar surface area (TPSA) is 55.8 Å². The van der Waals surface area contributed by atoms with Crippen LogP contribution in [0.5, 0.6) is 11.5 Å². The quantitative estimate of drug-likeness (QED) is 0.520. The third kappa shape index (κ3) is 6.84. The Hall–Kier alpha value is -1.97. The van der Waals surface area contributed by atoms with E-state index in [4.69, 9.17) is 14.6 Å². The molecule has 0 unspecified atom stereocenters. The van der Waals surface area contributed by atoms with Crippen LogP contribution in [0.25, 0.3) is 6.08 Å². The van der Waals surface area contributed by atoms with Crippen molar-refractivity contribution in [2.24, 2.45) is 0 Å². The Labute approximate surface area is 126 Å². The lowest BCUT2D eigenvalue weighted by Gasteiger charge is -2.10. The summed E-state index contributed by atoms with van der Waals surface area (Å²) in [4.78, 5) is 10.6. The van der Waals surface area contributed by atoms with Crippen LogP contribution in [0.4, 0.5) is 0 Å². The van der Waals surface area contributed by atoms with Gasteiger partial charge in [0.25, 0.3) is 0 Å². The number of rotatable bonds is 10. The molecular weight excluding hydrogens is 268 g/mol. The number of aliphatic carboxylic acids is 1. The van der Waals surface area contributed by atoms with E-state index in [1.807, 2.05) is 12.1 Å². The van der Waals surface area contributed by atoms with Gasteiger partial charge < -0.3 is 14.6 Å². The van der Waals surface area contributed by atoms with Crippen molar-refractivity contribution >= 4 is 12.0 Å². The van der Waals surface area contributed by atoms with Crippen LogP contribution in [0.3, 0.4) is 0 Å². The van der Waals surface area contributed by atoms with E-state index in [2.05, 4.69) is 6.92 Å². The lowest BCUT2D eigenvalue weighted by atomic mass is 10.1. The summed E-state index contributed by atoms with van der Waals surface area (Å²) < 4.78 is 10.9. The van der Waals surface area contributed by atoms with Crippen LogP contribution in [-0.2, 0) is 4.79 Å². The van der Waals surface area contributed by atoms with Crippen molar-refractivity contribution in [1.29, 1.82) is 0 Å². The molecule has 1 rings (SSSR count). The van der Waals surface area contributed by atoms with Crippen LogP contribution in [0.2, 0.25) is 0 Å². The molecule has 0 aliphatic rings. The number of carbonyl (C=O) groups is 1. The van der Waals surface area contributed by atoms with Crippen molar-refractivity contribution in [2.75, 3.05) is 13.7 Å². The fourth-order valence-electron chi connectivity index (χ4n) is 1.96. The largest absolute Gasteiger partial charge is 0.497 e. The first kappa shape index (κ1) is 17.1. The normalized spacial score (nSPS) is 10.8. The molecule has 0 aliphatic carbocycles. The molecule has 0 amide bonds. The van der Waals surface area contributed by atoms with E-state index in [1.54, 1.807) is 13.2 Å². The first-order chi connectivity index (χ1) is 10.2. The van der Waals surface area contributed by atoms with Crippen molar-refractivity contribution in [3.8, 4) is 11.5 Å². The van der Waals surface area contributed by atoms with E-state index in [-0.39, 0.29) is 0 Å². The molecule has 1 aromatic carbocycles. The van der Waals surface area contributed by atoms with Gasteiger partial charge in [-0.3, -0.25) is 0 Å². The summed E-state index contributed by atoms with van der Waals surface area (Å²) in [5.41, 5.74) is 0.713. The highest BCUT2D eigenvalue weighted by atomic mass is 16.5. The van der Waals surface area contributed by atoms with Crippen LogP contribution >= 0.6 is 0 Å². The maximum Gasteiger partial charge on any atom is 0.328 e. The Bertz CT molecular complexity index is 466. The van der Waals surface area contributed by atoms with Gasteiger partial charge in [0.15, 0.2) is 0 Å². The lowest BCUT2D eigenvalue weighted by Crippen LogP contribution is -1.99. The molecule has 0 saturated carbocycles. The minimum Gasteiger partial charge on any atom is -0.497 e. The number of ether oxygens (including phenoxy) is 2. The highest BCUT2D eigenvalue weighted by Gasteiger charge is 2.04. The number of carboxylic acids is 1. The van der Waals surface area contributed by atoms with Crippen molar-refractivity contribution in [3.63, 3.8) is 0 Å². The van der Waals surface area contributed by atoms with Gasteiger partial charge in [0, 0.05) is 11.6 Å². The first-order valence-corrected chi connectivity index (χ1v) is 7.39. The molecule has 0 spiro atoms. The smallest absolute Gasteiger partial charge is 0.328 e. The predicted molar refractivity (Wildman–Crippen MR) is 83.9 cm³/mol. The Balaban J connectivity index is 2.60. The van der Waals surface area contributed by atoms with Crippen molar-refractivity contribution in [3.05, 3.63) is 29.8 Å². The minimum absolute atomic E-state index is 0.643.